The van der Waals surface area contributed by atoms with Gasteiger partial charge >= 0.3 is 0 Å². The van der Waals surface area contributed by atoms with Gasteiger partial charge in [0.15, 0.2) is 0 Å². The van der Waals surface area contributed by atoms with Crippen molar-refractivity contribution in [2.75, 3.05) is 17.7 Å². The zero-order valence-electron chi connectivity index (χ0n) is 12.0. The van der Waals surface area contributed by atoms with E-state index in [4.69, 9.17) is 5.11 Å². The Bertz CT molecular complexity index is 592. The number of aliphatic hydroxyl groups is 1. The molecule has 0 bridgehead atoms. The minimum atomic E-state index is -0.206. The number of nitrogens with one attached hydrogen (secondary N) is 1. The maximum Gasteiger partial charge on any atom is 0.128 e. The molecule has 0 aliphatic carbocycles. The number of hydrogen-bond acceptors (Lipinski definition) is 4. The molecule has 3 nitrogen and oxygen atoms in total. The van der Waals surface area contributed by atoms with Crippen molar-refractivity contribution in [2.24, 2.45) is 0 Å². The number of nitrogens with zero attached hydrogens (tertiary/aromatic N) is 1. The van der Waals surface area contributed by atoms with Crippen molar-refractivity contribution in [3.63, 3.8) is 0 Å². The highest BCUT2D eigenvalue weighted by Crippen LogP contribution is 2.16. The van der Waals surface area contributed by atoms with Crippen LogP contribution in [0.3, 0.4) is 0 Å². The summed E-state index contributed by atoms with van der Waals surface area (Å²) in [5, 5.41) is 11.9. The third kappa shape index (κ3) is 5.02. The van der Waals surface area contributed by atoms with Crippen LogP contribution in [0.1, 0.15) is 16.7 Å². The van der Waals surface area contributed by atoms with Gasteiger partial charge in [0.1, 0.15) is 11.6 Å². The molecule has 0 fully saturated rings. The summed E-state index contributed by atoms with van der Waals surface area (Å²) in [6.45, 7) is 2.54. The standard InChI is InChI=1S/C16H19FN2OS/c1-12-2-3-15(17)14(8-12)10-19-16-9-13(4-5-18-16)11-21-7-6-20/h2-5,8-9,20H,6-7,10-11H2,1H3,(H,18,19). The second-order valence-corrected chi connectivity index (χ2v) is 5.88. The molecule has 0 unspecified atom stereocenters. The Morgan fingerprint density at radius 2 is 2.14 bits per heavy atom. The molecule has 1 aromatic carbocycles. The van der Waals surface area contributed by atoms with E-state index < -0.39 is 0 Å². The van der Waals surface area contributed by atoms with E-state index in [0.717, 1.165) is 28.5 Å². The predicted molar refractivity (Wildman–Crippen MR) is 85.9 cm³/mol. The molecular weight excluding hydrogens is 287 g/mol. The van der Waals surface area contributed by atoms with Crippen molar-refractivity contribution in [3.8, 4) is 0 Å². The van der Waals surface area contributed by atoms with E-state index >= 15 is 0 Å². The second-order valence-electron chi connectivity index (χ2n) is 4.77. The van der Waals surface area contributed by atoms with Crippen LogP contribution in [0.15, 0.2) is 36.5 Å². The minimum Gasteiger partial charge on any atom is -0.396 e. The number of hydrogen-bond donors (Lipinski definition) is 2. The van der Waals surface area contributed by atoms with Crippen LogP contribution in [-0.4, -0.2) is 22.5 Å². The lowest BCUT2D eigenvalue weighted by Crippen LogP contribution is -2.04. The molecule has 0 aliphatic rings. The molecule has 0 amide bonds. The van der Waals surface area contributed by atoms with E-state index in [2.05, 4.69) is 10.3 Å². The molecular formula is C16H19FN2OS. The van der Waals surface area contributed by atoms with Gasteiger partial charge in [-0.05, 0) is 30.7 Å². The summed E-state index contributed by atoms with van der Waals surface area (Å²) in [5.74, 6) is 2.08. The van der Waals surface area contributed by atoms with Crippen LogP contribution in [0.25, 0.3) is 0 Å². The highest BCUT2D eigenvalue weighted by atomic mass is 32.2. The highest BCUT2D eigenvalue weighted by molar-refractivity contribution is 7.98. The summed E-state index contributed by atoms with van der Waals surface area (Å²) in [5.41, 5.74) is 2.81. The lowest BCUT2D eigenvalue weighted by Gasteiger charge is -2.09. The lowest BCUT2D eigenvalue weighted by atomic mass is 10.1. The Balaban J connectivity index is 1.96. The van der Waals surface area contributed by atoms with Crippen LogP contribution in [0, 0.1) is 12.7 Å². The Morgan fingerprint density at radius 1 is 1.29 bits per heavy atom. The molecule has 0 saturated heterocycles. The van der Waals surface area contributed by atoms with Crippen LogP contribution in [0.5, 0.6) is 0 Å². The smallest absolute Gasteiger partial charge is 0.128 e. The summed E-state index contributed by atoms with van der Waals surface area (Å²) in [6, 6.07) is 8.99. The van der Waals surface area contributed by atoms with Crippen LogP contribution >= 0.6 is 11.8 Å². The number of aromatic nitrogens is 1. The second kappa shape index (κ2) is 8.00. The number of halogens is 1. The molecule has 21 heavy (non-hydrogen) atoms. The predicted octanol–water partition coefficient (Wildman–Crippen LogP) is 3.37. The van der Waals surface area contributed by atoms with Crippen LogP contribution < -0.4 is 5.32 Å². The van der Waals surface area contributed by atoms with Crippen molar-refractivity contribution in [3.05, 3.63) is 59.0 Å². The van der Waals surface area contributed by atoms with Gasteiger partial charge in [0.05, 0.1) is 6.61 Å². The molecule has 2 aromatic rings. The molecule has 112 valence electrons. The fourth-order valence-corrected chi connectivity index (χ4v) is 2.63. The van der Waals surface area contributed by atoms with Crippen molar-refractivity contribution in [2.45, 2.75) is 19.2 Å². The molecule has 0 spiro atoms. The van der Waals surface area contributed by atoms with E-state index in [1.54, 1.807) is 24.0 Å². The van der Waals surface area contributed by atoms with Crippen LogP contribution in [-0.2, 0) is 12.3 Å². The van der Waals surface area contributed by atoms with Crippen molar-refractivity contribution < 1.29 is 9.50 Å². The zero-order chi connectivity index (χ0) is 15.1. The average Bonchev–Trinajstić information content (AvgIpc) is 2.49. The van der Waals surface area contributed by atoms with Crippen LogP contribution in [0.2, 0.25) is 0 Å². The van der Waals surface area contributed by atoms with Crippen molar-refractivity contribution in [1.29, 1.82) is 0 Å². The van der Waals surface area contributed by atoms with Gasteiger partial charge in [-0.3, -0.25) is 0 Å². The SMILES string of the molecule is Cc1ccc(F)c(CNc2cc(CSCCO)ccn2)c1. The van der Waals surface area contributed by atoms with Gasteiger partial charge in [-0.15, -0.1) is 0 Å². The molecule has 2 rings (SSSR count). The largest absolute Gasteiger partial charge is 0.396 e. The number of anilines is 1. The van der Waals surface area contributed by atoms with Gasteiger partial charge in [-0.25, -0.2) is 9.37 Å². The molecule has 0 saturated carbocycles. The van der Waals surface area contributed by atoms with Gasteiger partial charge in [-0.1, -0.05) is 17.7 Å². The molecule has 0 radical (unpaired) electrons. The normalized spacial score (nSPS) is 10.6. The number of aliphatic hydroxyl groups excluding tert-OH is 1. The molecule has 1 aromatic heterocycles. The summed E-state index contributed by atoms with van der Waals surface area (Å²) in [7, 11) is 0. The monoisotopic (exact) mass is 306 g/mol. The summed E-state index contributed by atoms with van der Waals surface area (Å²) in [4.78, 5) is 4.24. The van der Waals surface area contributed by atoms with Gasteiger partial charge in [0.25, 0.3) is 0 Å². The minimum absolute atomic E-state index is 0.188. The topological polar surface area (TPSA) is 45.1 Å². The number of aryl methyl sites for hydroxylation is 1. The first kappa shape index (κ1) is 15.8. The maximum absolute atomic E-state index is 13.7. The van der Waals surface area contributed by atoms with Gasteiger partial charge in [-0.2, -0.15) is 11.8 Å². The van der Waals surface area contributed by atoms with E-state index in [9.17, 15) is 4.39 Å². The molecule has 1 heterocycles. The van der Waals surface area contributed by atoms with E-state index in [1.165, 1.54) is 6.07 Å². The molecule has 0 atom stereocenters. The first-order chi connectivity index (χ1) is 10.2. The Kier molecular flexibility index (Phi) is 6.02. The summed E-state index contributed by atoms with van der Waals surface area (Å²) in [6.07, 6.45) is 1.74. The fourth-order valence-electron chi connectivity index (χ4n) is 1.94. The molecule has 0 aliphatic heterocycles. The molecule has 2 N–H and O–H groups in total. The Labute approximate surface area is 128 Å². The third-order valence-corrected chi connectivity index (χ3v) is 4.00. The van der Waals surface area contributed by atoms with Crippen molar-refractivity contribution >= 4 is 17.6 Å². The Hall–Kier alpha value is -1.59. The van der Waals surface area contributed by atoms with Gasteiger partial charge in [0.2, 0.25) is 0 Å². The number of rotatable bonds is 7. The average molecular weight is 306 g/mol. The first-order valence-corrected chi connectivity index (χ1v) is 7.97. The van der Waals surface area contributed by atoms with Crippen LogP contribution in [0.4, 0.5) is 10.2 Å². The fraction of sp³-hybridized carbons (Fsp3) is 0.312. The van der Waals surface area contributed by atoms with E-state index in [1.807, 2.05) is 25.1 Å². The zero-order valence-corrected chi connectivity index (χ0v) is 12.8. The van der Waals surface area contributed by atoms with Gasteiger partial charge in [0, 0.05) is 29.8 Å². The molecule has 5 heteroatoms. The van der Waals surface area contributed by atoms with E-state index in [-0.39, 0.29) is 12.4 Å². The number of benzene rings is 1. The lowest BCUT2D eigenvalue weighted by molar-refractivity contribution is 0.322. The van der Waals surface area contributed by atoms with Gasteiger partial charge < -0.3 is 10.4 Å². The maximum atomic E-state index is 13.7. The third-order valence-electron chi connectivity index (χ3n) is 2.99. The summed E-state index contributed by atoms with van der Waals surface area (Å²) >= 11 is 1.67. The number of thioether (sulfide) groups is 1. The number of pyridine rings is 1. The van der Waals surface area contributed by atoms with Crippen molar-refractivity contribution in [1.82, 2.24) is 4.98 Å². The van der Waals surface area contributed by atoms with E-state index in [0.29, 0.717) is 12.1 Å². The summed E-state index contributed by atoms with van der Waals surface area (Å²) < 4.78 is 13.7. The quantitative estimate of drug-likeness (QED) is 0.770. The highest BCUT2D eigenvalue weighted by Gasteiger charge is 2.03. The Morgan fingerprint density at radius 3 is 2.95 bits per heavy atom. The first-order valence-electron chi connectivity index (χ1n) is 6.81.